The minimum atomic E-state index is -3.92. The molecule has 0 radical (unpaired) electrons. The van der Waals surface area contributed by atoms with Crippen LogP contribution in [0.3, 0.4) is 0 Å². The van der Waals surface area contributed by atoms with E-state index in [0.29, 0.717) is 61.5 Å². The van der Waals surface area contributed by atoms with Gasteiger partial charge < -0.3 is 34.6 Å². The topological polar surface area (TPSA) is 186 Å². The van der Waals surface area contributed by atoms with Crippen LogP contribution < -0.4 is 29.7 Å². The Labute approximate surface area is 376 Å². The number of nitrogens with one attached hydrogen (secondary N) is 3. The van der Waals surface area contributed by atoms with Crippen molar-refractivity contribution in [3.63, 3.8) is 0 Å². The number of ether oxygens (including phenoxy) is 3. The Balaban J connectivity index is 1.18. The van der Waals surface area contributed by atoms with Gasteiger partial charge in [-0.25, -0.2) is 18.2 Å². The molecule has 4 amide bonds. The largest absolute Gasteiger partial charge is 0.496 e. The first-order valence-corrected chi connectivity index (χ1v) is 24.3. The Hall–Kier alpha value is -5.38. The summed E-state index contributed by atoms with van der Waals surface area (Å²) in [6.07, 6.45) is 7.63. The van der Waals surface area contributed by atoms with Gasteiger partial charge in [0.25, 0.3) is 5.91 Å². The van der Waals surface area contributed by atoms with Crippen LogP contribution in [-0.2, 0) is 42.1 Å². The normalized spacial score (nSPS) is 26.4. The maximum absolute atomic E-state index is 15.1. The summed E-state index contributed by atoms with van der Waals surface area (Å²) in [6.45, 7) is 8.62. The number of aromatic nitrogens is 1. The van der Waals surface area contributed by atoms with Gasteiger partial charge in [-0.05, 0) is 79.9 Å². The number of carbonyl (C=O) groups excluding carboxylic acids is 4. The van der Waals surface area contributed by atoms with Gasteiger partial charge in [-0.2, -0.15) is 0 Å². The summed E-state index contributed by atoms with van der Waals surface area (Å²) in [6, 6.07) is 13.8. The standard InChI is InChI=1S/C48H62N6O9S/c1-6-33-26-48(33,45(57)52-64(59,60)35-19-20-35)51-43(55)38-23-34-28-54(38)44(56)42(31-16-11-8-12-17-31)50-46(58)62-29-47(2,3)21-13-18-32-22-36-37(24-39(32)61-5)49-41(25-40(36)63-34)53(4)27-30-14-9-7-10-15-30/h6-7,9-10,14-15,22,24-25,31,33-35,38,42H,1,8,11-13,16-21,23,26-29H2,2-5H3,(H,50,58)(H,51,55)(H,52,57)/t33-,34-,38+,42?,48?/m1/s1. The number of hydrogen-bond donors (Lipinski definition) is 3. The lowest BCUT2D eigenvalue weighted by Crippen LogP contribution is -2.59. The second kappa shape index (κ2) is 18.2. The quantitative estimate of drug-likeness (QED) is 0.194. The number of carbonyl (C=O) groups is 4. The van der Waals surface area contributed by atoms with E-state index >= 15 is 4.79 Å². The number of methoxy groups -OCH3 is 1. The molecular formula is C48H62N6O9S. The molecule has 2 unspecified atom stereocenters. The lowest BCUT2D eigenvalue weighted by Gasteiger charge is -2.35. The summed E-state index contributed by atoms with van der Waals surface area (Å²) in [4.78, 5) is 65.9. The fourth-order valence-electron chi connectivity index (χ4n) is 9.73. The molecule has 3 aromatic rings. The van der Waals surface area contributed by atoms with E-state index in [1.165, 1.54) is 11.0 Å². The third-order valence-electron chi connectivity index (χ3n) is 13.8. The monoisotopic (exact) mass is 898 g/mol. The Morgan fingerprint density at radius 2 is 1.81 bits per heavy atom. The molecule has 8 rings (SSSR count). The predicted octanol–water partition coefficient (Wildman–Crippen LogP) is 5.94. The molecule has 4 bridgehead atoms. The lowest BCUT2D eigenvalue weighted by molar-refractivity contribution is -0.142. The molecule has 1 aromatic heterocycles. The van der Waals surface area contributed by atoms with Crippen LogP contribution >= 0.6 is 0 Å². The first-order chi connectivity index (χ1) is 30.6. The van der Waals surface area contributed by atoms with Crippen LogP contribution in [0.1, 0.15) is 95.6 Å². The van der Waals surface area contributed by atoms with Crippen molar-refractivity contribution in [1.82, 2.24) is 25.2 Å². The van der Waals surface area contributed by atoms with Crippen LogP contribution in [0, 0.1) is 17.3 Å². The number of amides is 4. The molecule has 1 saturated heterocycles. The molecule has 0 spiro atoms. The van der Waals surface area contributed by atoms with Crippen LogP contribution in [-0.4, -0.2) is 98.4 Å². The Bertz CT molecular complexity index is 2380. The molecule has 16 heteroatoms. The van der Waals surface area contributed by atoms with Crippen LogP contribution in [0.25, 0.3) is 10.9 Å². The minimum Gasteiger partial charge on any atom is -0.496 e. The van der Waals surface area contributed by atoms with Crippen molar-refractivity contribution >= 4 is 50.6 Å². The first kappa shape index (κ1) is 45.2. The number of anilines is 1. The number of hydrogen-bond acceptors (Lipinski definition) is 11. The van der Waals surface area contributed by atoms with Gasteiger partial charge in [-0.1, -0.05) is 69.5 Å². The number of pyridine rings is 1. The number of nitrogens with zero attached hydrogens (tertiary/aromatic N) is 3. The van der Waals surface area contributed by atoms with E-state index < -0.39 is 68.7 Å². The zero-order valence-corrected chi connectivity index (χ0v) is 38.2. The second-order valence-corrected chi connectivity index (χ2v) is 21.2. The van der Waals surface area contributed by atoms with Crippen LogP contribution in [0.5, 0.6) is 11.5 Å². The van der Waals surface area contributed by atoms with Crippen molar-refractivity contribution in [3.05, 3.63) is 72.3 Å². The van der Waals surface area contributed by atoms with E-state index in [1.54, 1.807) is 7.11 Å². The molecule has 5 aliphatic rings. The molecule has 3 saturated carbocycles. The molecular weight excluding hydrogens is 837 g/mol. The van der Waals surface area contributed by atoms with Gasteiger partial charge in [0.1, 0.15) is 41.0 Å². The van der Waals surface area contributed by atoms with Crippen molar-refractivity contribution in [2.75, 3.05) is 32.2 Å². The molecule has 344 valence electrons. The highest BCUT2D eigenvalue weighted by Crippen LogP contribution is 2.46. The SMILES string of the molecule is C=C[C@@H]1CC1(NC(=O)[C@@H]1C[C@@H]2CN1C(=O)C(C1CCCCC1)NC(=O)OCC(C)(C)CCCc1cc3c(cc(N(C)Cc4ccccc4)nc3cc1OC)O2)C(=O)NS(=O)(=O)C1CC1. The highest BCUT2D eigenvalue weighted by molar-refractivity contribution is 7.91. The molecule has 3 aliphatic carbocycles. The highest BCUT2D eigenvalue weighted by Gasteiger charge is 2.62. The van der Waals surface area contributed by atoms with E-state index in [2.05, 4.69) is 21.9 Å². The van der Waals surface area contributed by atoms with Crippen molar-refractivity contribution < 1.29 is 41.8 Å². The third kappa shape index (κ3) is 9.81. The van der Waals surface area contributed by atoms with E-state index in [-0.39, 0.29) is 37.3 Å². The van der Waals surface area contributed by atoms with Gasteiger partial charge in [-0.3, -0.25) is 19.1 Å². The number of rotatable bonds is 11. The van der Waals surface area contributed by atoms with E-state index in [1.807, 2.05) is 74.3 Å². The number of benzene rings is 2. The molecule has 3 heterocycles. The zero-order valence-electron chi connectivity index (χ0n) is 37.4. The van der Waals surface area contributed by atoms with Crippen molar-refractivity contribution in [2.24, 2.45) is 17.3 Å². The maximum Gasteiger partial charge on any atom is 0.407 e. The van der Waals surface area contributed by atoms with Crippen molar-refractivity contribution in [1.29, 1.82) is 0 Å². The van der Waals surface area contributed by atoms with Crippen molar-refractivity contribution in [3.8, 4) is 11.5 Å². The maximum atomic E-state index is 15.1. The number of sulfonamides is 1. The summed E-state index contributed by atoms with van der Waals surface area (Å²) in [5, 5.41) is 5.92. The number of fused-ring (bicyclic) bond motifs is 3. The fraction of sp³-hybridized carbons (Fsp3) is 0.562. The third-order valence-corrected chi connectivity index (χ3v) is 15.6. The van der Waals surface area contributed by atoms with Gasteiger partial charge in [0.05, 0.1) is 31.0 Å². The molecule has 15 nitrogen and oxygen atoms in total. The van der Waals surface area contributed by atoms with Crippen molar-refractivity contribution in [2.45, 2.75) is 126 Å². The van der Waals surface area contributed by atoms with E-state index in [0.717, 1.165) is 48.6 Å². The molecule has 3 N–H and O–H groups in total. The number of cyclic esters (lactones) is 1. The Morgan fingerprint density at radius 3 is 2.50 bits per heavy atom. The van der Waals surface area contributed by atoms with Gasteiger partial charge in [0.15, 0.2) is 0 Å². The van der Waals surface area contributed by atoms with E-state index in [4.69, 9.17) is 19.2 Å². The zero-order chi connectivity index (χ0) is 45.4. The molecule has 2 aromatic carbocycles. The minimum absolute atomic E-state index is 0.00788. The van der Waals surface area contributed by atoms with Crippen LogP contribution in [0.15, 0.2) is 61.2 Å². The smallest absolute Gasteiger partial charge is 0.407 e. The van der Waals surface area contributed by atoms with Crippen LogP contribution in [0.4, 0.5) is 10.6 Å². The first-order valence-electron chi connectivity index (χ1n) is 22.8. The average molecular weight is 899 g/mol. The summed E-state index contributed by atoms with van der Waals surface area (Å²) < 4.78 is 46.8. The summed E-state index contributed by atoms with van der Waals surface area (Å²) in [7, 11) is -0.330. The lowest BCUT2D eigenvalue weighted by atomic mass is 9.83. The fourth-order valence-corrected chi connectivity index (χ4v) is 11.1. The molecule has 4 fully saturated rings. The van der Waals surface area contributed by atoms with Gasteiger partial charge in [0.2, 0.25) is 21.8 Å². The molecule has 2 aliphatic heterocycles. The van der Waals surface area contributed by atoms with Gasteiger partial charge in [0, 0.05) is 43.5 Å². The molecule has 5 atom stereocenters. The average Bonchev–Trinajstić information content (AvgIpc) is 4.21. The Morgan fingerprint density at radius 1 is 1.06 bits per heavy atom. The predicted molar refractivity (Wildman–Crippen MR) is 242 cm³/mol. The Kier molecular flexibility index (Phi) is 12.9. The summed E-state index contributed by atoms with van der Waals surface area (Å²) in [5.41, 5.74) is 0.742. The van der Waals surface area contributed by atoms with E-state index in [9.17, 15) is 22.8 Å². The summed E-state index contributed by atoms with van der Waals surface area (Å²) in [5.74, 6) is -0.787. The number of alkyl carbamates (subject to hydrolysis) is 1. The van der Waals surface area contributed by atoms with Gasteiger partial charge in [-0.15, -0.1) is 6.58 Å². The molecule has 64 heavy (non-hydrogen) atoms. The summed E-state index contributed by atoms with van der Waals surface area (Å²) >= 11 is 0. The number of aryl methyl sites for hydroxylation is 1. The highest BCUT2D eigenvalue weighted by atomic mass is 32.2. The second-order valence-electron chi connectivity index (χ2n) is 19.3. The van der Waals surface area contributed by atoms with Gasteiger partial charge >= 0.3 is 6.09 Å². The van der Waals surface area contributed by atoms with Crippen LogP contribution in [0.2, 0.25) is 0 Å².